The zero-order valence-corrected chi connectivity index (χ0v) is 27.0. The van der Waals surface area contributed by atoms with Gasteiger partial charge in [-0.25, -0.2) is 4.79 Å². The van der Waals surface area contributed by atoms with Crippen molar-refractivity contribution in [2.75, 3.05) is 19.8 Å². The van der Waals surface area contributed by atoms with E-state index in [4.69, 9.17) is 18.6 Å². The van der Waals surface area contributed by atoms with Gasteiger partial charge in [-0.2, -0.15) is 5.06 Å². The summed E-state index contributed by atoms with van der Waals surface area (Å²) in [4.78, 5) is 31.0. The van der Waals surface area contributed by atoms with Crippen LogP contribution < -0.4 is 34.7 Å². The van der Waals surface area contributed by atoms with Crippen molar-refractivity contribution in [3.05, 3.63) is 0 Å². The van der Waals surface area contributed by atoms with Gasteiger partial charge in [-0.3, -0.25) is 9.40 Å². The number of nitrogens with zero attached hydrogens (tertiary/aromatic N) is 1. The van der Waals surface area contributed by atoms with Crippen LogP contribution in [0.2, 0.25) is 0 Å². The van der Waals surface area contributed by atoms with Crippen LogP contribution in [0.1, 0.15) is 95.4 Å². The van der Waals surface area contributed by atoms with Crippen molar-refractivity contribution in [1.29, 1.82) is 0 Å². The van der Waals surface area contributed by atoms with Crippen LogP contribution in [0.5, 0.6) is 0 Å². The summed E-state index contributed by atoms with van der Waals surface area (Å²) in [5.74, 6) is -2.91. The smallest absolute Gasteiger partial charge is 0.550 e. The van der Waals surface area contributed by atoms with Crippen LogP contribution in [-0.2, 0) is 32.8 Å². The predicted octanol–water partition coefficient (Wildman–Crippen LogP) is 1.54. The van der Waals surface area contributed by atoms with E-state index in [0.717, 1.165) is 6.42 Å². The molecule has 0 radical (unpaired) electrons. The first-order valence-electron chi connectivity index (χ1n) is 12.1. The van der Waals surface area contributed by atoms with Gasteiger partial charge < -0.3 is 23.7 Å². The second-order valence-electron chi connectivity index (χ2n) is 11.1. The molecule has 0 amide bonds. The molecule has 0 saturated heterocycles. The zero-order chi connectivity index (χ0) is 27.0. The molecule has 0 aromatic carbocycles. The number of carboxylic acid groups (broad SMARTS) is 1. The Morgan fingerprint density at radius 2 is 1.43 bits per heavy atom. The van der Waals surface area contributed by atoms with Gasteiger partial charge >= 0.3 is 43.1 Å². The SMILES string of the molecule is CCCCOC(=O)C(CC(C)(C)C(=O)[O-])ON(C(C(C)(C)C)P(=O)(OCC)OCC)C(C)(C)C.[Na+]. The van der Waals surface area contributed by atoms with E-state index in [0.29, 0.717) is 6.42 Å². The Hall–Kier alpha value is 0.01000. The molecule has 11 heteroatoms. The van der Waals surface area contributed by atoms with E-state index in [9.17, 15) is 19.3 Å². The maximum atomic E-state index is 14.0. The van der Waals surface area contributed by atoms with Crippen molar-refractivity contribution in [2.45, 2.75) is 113 Å². The molecule has 0 heterocycles. The summed E-state index contributed by atoms with van der Waals surface area (Å²) in [7, 11) is -3.77. The van der Waals surface area contributed by atoms with Crippen LogP contribution in [0, 0.1) is 10.8 Å². The summed E-state index contributed by atoms with van der Waals surface area (Å²) in [5.41, 5.74) is -2.82. The van der Waals surface area contributed by atoms with Crippen LogP contribution in [-0.4, -0.2) is 54.2 Å². The molecule has 0 N–H and O–H groups in total. The van der Waals surface area contributed by atoms with Crippen LogP contribution in [0.4, 0.5) is 0 Å². The molecule has 202 valence electrons. The third kappa shape index (κ3) is 11.9. The minimum Gasteiger partial charge on any atom is -0.550 e. The standard InChI is InChI=1S/C24H48NO8P.Na/c1-12-15-16-30-19(26)18(17-24(10,11)21(27)28)33-25(23(7,8)9)20(22(4,5)6)34(29,31-13-2)32-14-3;/h18,20H,12-17H2,1-11H3,(H,27,28);/q;+1/p-1. The van der Waals surface area contributed by atoms with Crippen molar-refractivity contribution >= 4 is 19.5 Å². The number of rotatable bonds is 15. The van der Waals surface area contributed by atoms with E-state index in [-0.39, 0.29) is 55.8 Å². The monoisotopic (exact) mass is 531 g/mol. The molecule has 2 atom stereocenters. The van der Waals surface area contributed by atoms with Gasteiger partial charge in [0.05, 0.1) is 19.8 Å². The van der Waals surface area contributed by atoms with Gasteiger partial charge in [-0.05, 0) is 52.9 Å². The number of hydrogen-bond donors (Lipinski definition) is 0. The topological polar surface area (TPSA) is 114 Å². The molecule has 0 rings (SSSR count). The van der Waals surface area contributed by atoms with E-state index in [2.05, 4.69) is 0 Å². The van der Waals surface area contributed by atoms with Gasteiger partial charge in [0, 0.05) is 16.9 Å². The van der Waals surface area contributed by atoms with Crippen molar-refractivity contribution in [3.63, 3.8) is 0 Å². The number of hydrogen-bond acceptors (Lipinski definition) is 9. The van der Waals surface area contributed by atoms with Crippen LogP contribution in [0.3, 0.4) is 0 Å². The summed E-state index contributed by atoms with van der Waals surface area (Å²) in [6.45, 7) is 20.0. The van der Waals surface area contributed by atoms with Gasteiger partial charge in [-0.15, -0.1) is 0 Å². The summed E-state index contributed by atoms with van der Waals surface area (Å²) >= 11 is 0. The summed E-state index contributed by atoms with van der Waals surface area (Å²) in [5, 5.41) is 13.2. The first-order chi connectivity index (χ1) is 15.4. The molecule has 0 aliphatic carbocycles. The summed E-state index contributed by atoms with van der Waals surface area (Å²) in [6, 6.07) is 0. The van der Waals surface area contributed by atoms with Crippen LogP contribution >= 0.6 is 7.60 Å². The molecular weight excluding hydrogens is 484 g/mol. The Bertz CT molecular complexity index is 693. The quantitative estimate of drug-likeness (QED) is 0.102. The number of aliphatic carboxylic acids is 1. The zero-order valence-electron chi connectivity index (χ0n) is 24.1. The molecule has 2 unspecified atom stereocenters. The number of esters is 1. The van der Waals surface area contributed by atoms with E-state index in [1.54, 1.807) is 13.8 Å². The van der Waals surface area contributed by atoms with Gasteiger partial charge in [0.1, 0.15) is 5.78 Å². The van der Waals surface area contributed by atoms with Gasteiger partial charge in [0.15, 0.2) is 6.10 Å². The van der Waals surface area contributed by atoms with Crippen molar-refractivity contribution in [3.8, 4) is 0 Å². The molecule has 35 heavy (non-hydrogen) atoms. The third-order valence-electron chi connectivity index (χ3n) is 5.07. The first kappa shape index (κ1) is 37.2. The Labute approximate surface area is 234 Å². The van der Waals surface area contributed by atoms with Gasteiger partial charge in [-0.1, -0.05) is 48.0 Å². The van der Waals surface area contributed by atoms with Crippen molar-refractivity contribution in [1.82, 2.24) is 5.06 Å². The summed E-state index contributed by atoms with van der Waals surface area (Å²) < 4.78 is 30.8. The molecule has 0 spiro atoms. The molecular formula is C24H47NNaO8P. The van der Waals surface area contributed by atoms with E-state index < -0.39 is 47.8 Å². The maximum absolute atomic E-state index is 14.0. The fraction of sp³-hybridized carbons (Fsp3) is 0.917. The first-order valence-corrected chi connectivity index (χ1v) is 13.7. The third-order valence-corrected chi connectivity index (χ3v) is 7.89. The Morgan fingerprint density at radius 3 is 1.77 bits per heavy atom. The van der Waals surface area contributed by atoms with E-state index in [1.165, 1.54) is 18.9 Å². The number of carboxylic acids is 1. The van der Waals surface area contributed by atoms with Gasteiger partial charge in [0.2, 0.25) is 0 Å². The minimum absolute atomic E-state index is 0. The number of carbonyl (C=O) groups excluding carboxylic acids is 2. The second-order valence-corrected chi connectivity index (χ2v) is 13.2. The van der Waals surface area contributed by atoms with Gasteiger partial charge in [0.25, 0.3) is 0 Å². The molecule has 0 saturated carbocycles. The normalized spacial score (nSPS) is 14.9. The molecule has 0 aromatic rings. The summed E-state index contributed by atoms with van der Waals surface area (Å²) in [6.07, 6.45) is 0.0255. The molecule has 0 bridgehead atoms. The minimum atomic E-state index is -3.77. The Kier molecular flexibility index (Phi) is 16.4. The number of ether oxygens (including phenoxy) is 1. The fourth-order valence-electron chi connectivity index (χ4n) is 3.33. The Balaban J connectivity index is 0. The average molecular weight is 532 g/mol. The molecule has 0 aromatic heterocycles. The predicted molar refractivity (Wildman–Crippen MR) is 130 cm³/mol. The Morgan fingerprint density at radius 1 is 0.943 bits per heavy atom. The van der Waals surface area contributed by atoms with Crippen molar-refractivity contribution in [2.24, 2.45) is 10.8 Å². The average Bonchev–Trinajstić information content (AvgIpc) is 2.65. The molecule has 9 nitrogen and oxygen atoms in total. The molecule has 0 fully saturated rings. The van der Waals surface area contributed by atoms with Crippen molar-refractivity contribution < 1.29 is 67.4 Å². The maximum Gasteiger partial charge on any atom is 1.00 e. The number of carbonyl (C=O) groups is 2. The number of hydroxylamine groups is 2. The van der Waals surface area contributed by atoms with E-state index >= 15 is 0 Å². The second kappa shape index (κ2) is 15.4. The molecule has 0 aliphatic rings. The molecule has 0 aliphatic heterocycles. The van der Waals surface area contributed by atoms with E-state index in [1.807, 2.05) is 48.5 Å². The fourth-order valence-corrected chi connectivity index (χ4v) is 6.02. The number of unbranched alkanes of at least 4 members (excludes halogenated alkanes) is 1. The van der Waals surface area contributed by atoms with Crippen LogP contribution in [0.25, 0.3) is 0 Å². The largest absolute Gasteiger partial charge is 1.00 e. The van der Waals surface area contributed by atoms with Crippen LogP contribution in [0.15, 0.2) is 0 Å².